The molecule has 0 spiro atoms. The first-order valence-electron chi connectivity index (χ1n) is 15.3. The van der Waals surface area contributed by atoms with Gasteiger partial charge in [0, 0.05) is 58.8 Å². The first-order valence-corrected chi connectivity index (χ1v) is 19.8. The predicted octanol–water partition coefficient (Wildman–Crippen LogP) is 5.82. The average molecular weight is 682 g/mol. The van der Waals surface area contributed by atoms with Gasteiger partial charge in [-0.15, -0.1) is 0 Å². The first kappa shape index (κ1) is 34.4. The molecule has 4 aromatic rings. The van der Waals surface area contributed by atoms with Gasteiger partial charge in [0.15, 0.2) is 17.9 Å². The fourth-order valence-electron chi connectivity index (χ4n) is 5.95. The Balaban J connectivity index is 1.52. The lowest BCUT2D eigenvalue weighted by molar-refractivity contribution is -0.129. The van der Waals surface area contributed by atoms with Gasteiger partial charge in [0.25, 0.3) is 0 Å². The number of Topliss-reactive ketones (excluding diaryl/α,β-unsaturated/α-hetero) is 2. The maximum absolute atomic E-state index is 14.1. The molecular formula is C33H40N5O7PS. The highest BCUT2D eigenvalue weighted by atomic mass is 32.3. The fraction of sp³-hybridized carbons (Fsp3) is 0.394. The summed E-state index contributed by atoms with van der Waals surface area (Å²) in [7, 11) is -4.77. The summed E-state index contributed by atoms with van der Waals surface area (Å²) in [5, 5.41) is 3.49. The molecule has 1 aliphatic heterocycles. The van der Waals surface area contributed by atoms with Crippen LogP contribution >= 0.6 is 17.6 Å². The minimum Gasteiger partial charge on any atom is -0.480 e. The number of hydrogen-bond acceptors (Lipinski definition) is 10. The molecule has 0 aliphatic carbocycles. The molecular weight excluding hydrogens is 641 g/mol. The quantitative estimate of drug-likeness (QED) is 0.127. The number of carbonyl (C=O) groups is 3. The van der Waals surface area contributed by atoms with Crippen molar-refractivity contribution in [3.05, 3.63) is 67.0 Å². The van der Waals surface area contributed by atoms with Gasteiger partial charge in [0.05, 0.1) is 31.2 Å². The highest BCUT2D eigenvalue weighted by molar-refractivity contribution is 8.32. The average Bonchev–Trinajstić information content (AvgIpc) is 3.57. The van der Waals surface area contributed by atoms with E-state index in [0.29, 0.717) is 50.7 Å². The van der Waals surface area contributed by atoms with E-state index in [4.69, 9.17) is 13.8 Å². The number of benzene rings is 1. The molecule has 1 amide bonds. The fourth-order valence-corrected chi connectivity index (χ4v) is 10.1. The molecule has 1 aromatic carbocycles. The van der Waals surface area contributed by atoms with E-state index in [1.165, 1.54) is 13.3 Å². The summed E-state index contributed by atoms with van der Waals surface area (Å²) in [6, 6.07) is 8.78. The lowest BCUT2D eigenvalue weighted by atomic mass is 9.91. The summed E-state index contributed by atoms with van der Waals surface area (Å²) >= 11 is 0. The van der Waals surface area contributed by atoms with Crippen molar-refractivity contribution < 1.29 is 32.7 Å². The van der Waals surface area contributed by atoms with Crippen molar-refractivity contribution in [1.29, 1.82) is 0 Å². The largest absolute Gasteiger partial charge is 0.480 e. The molecule has 0 radical (unpaired) electrons. The van der Waals surface area contributed by atoms with E-state index < -0.39 is 29.5 Å². The van der Waals surface area contributed by atoms with Crippen LogP contribution < -0.4 is 10.1 Å². The number of ketones is 2. The zero-order valence-corrected chi connectivity index (χ0v) is 28.9. The van der Waals surface area contributed by atoms with Gasteiger partial charge >= 0.3 is 7.60 Å². The van der Waals surface area contributed by atoms with Gasteiger partial charge in [0.2, 0.25) is 5.91 Å². The van der Waals surface area contributed by atoms with Gasteiger partial charge in [-0.3, -0.25) is 18.9 Å². The minimum atomic E-state index is -3.58. The van der Waals surface area contributed by atoms with Crippen molar-refractivity contribution in [2.45, 2.75) is 27.3 Å². The van der Waals surface area contributed by atoms with Crippen LogP contribution in [0.2, 0.25) is 0 Å². The molecule has 1 N–H and O–H groups in total. The lowest BCUT2D eigenvalue weighted by Gasteiger charge is -2.24. The third-order valence-corrected chi connectivity index (χ3v) is 12.3. The molecule has 4 heterocycles. The van der Waals surface area contributed by atoms with Crippen molar-refractivity contribution in [2.24, 2.45) is 11.8 Å². The number of aromatic nitrogens is 4. The molecule has 3 aromatic heterocycles. The van der Waals surface area contributed by atoms with Crippen molar-refractivity contribution in [2.75, 3.05) is 48.9 Å². The number of fused-ring (bicyclic) bond motifs is 1. The van der Waals surface area contributed by atoms with Gasteiger partial charge < -0.3 is 23.7 Å². The number of rotatable bonds is 14. The van der Waals surface area contributed by atoms with Gasteiger partial charge in [0.1, 0.15) is 17.9 Å². The number of ether oxygens (including phenoxy) is 1. The van der Waals surface area contributed by atoms with Crippen LogP contribution in [0.1, 0.15) is 31.1 Å². The molecule has 47 heavy (non-hydrogen) atoms. The van der Waals surface area contributed by atoms with Crippen LogP contribution in [0.5, 0.6) is 5.75 Å². The second-order valence-corrected chi connectivity index (χ2v) is 18.1. The maximum Gasteiger partial charge on any atom is 0.367 e. The number of hydrogen-bond donors (Lipinski definition) is 1. The number of amides is 1. The van der Waals surface area contributed by atoms with E-state index >= 15 is 0 Å². The second-order valence-electron chi connectivity index (χ2n) is 11.9. The van der Waals surface area contributed by atoms with E-state index in [2.05, 4.69) is 32.8 Å². The number of anilines is 1. The van der Waals surface area contributed by atoms with Crippen LogP contribution in [0, 0.1) is 11.8 Å². The summed E-state index contributed by atoms with van der Waals surface area (Å²) in [6.45, 7) is 5.20. The summed E-state index contributed by atoms with van der Waals surface area (Å²) in [5.41, 5.74) is 2.18. The topological polar surface area (TPSA) is 152 Å². The van der Waals surface area contributed by atoms with Crippen LogP contribution in [0.3, 0.4) is 0 Å². The Morgan fingerprint density at radius 3 is 2.38 bits per heavy atom. The first-order chi connectivity index (χ1) is 22.4. The minimum absolute atomic E-state index is 0.0546. The standard InChI is InChI=1S/C33H40N5O7PS/c1-6-44-46(42,45-7-2)21-43-31-13-29-25(12-24(31)23-14-34-20-35-15-23)26(22(3)39)16-38(29)17-30(40)27-18-47(4,5)19-28(27)33(41)37-32-10-8-9-11-36-32/h8-16,20,27-28H,6-7,17-19,21H2,1-5H3,(H,36,37,41)/t27?,28-/m1/s1. The summed E-state index contributed by atoms with van der Waals surface area (Å²) in [5.74, 6) is 0.525. The van der Waals surface area contributed by atoms with Crippen LogP contribution in [-0.4, -0.2) is 80.6 Å². The predicted molar refractivity (Wildman–Crippen MR) is 183 cm³/mol. The van der Waals surface area contributed by atoms with E-state index in [-0.39, 0.29) is 43.6 Å². The Morgan fingerprint density at radius 2 is 1.74 bits per heavy atom. The third kappa shape index (κ3) is 7.98. The van der Waals surface area contributed by atoms with Crippen molar-refractivity contribution in [3.63, 3.8) is 0 Å². The highest BCUT2D eigenvalue weighted by Gasteiger charge is 2.44. The van der Waals surface area contributed by atoms with Gasteiger partial charge in [-0.05, 0) is 63.0 Å². The zero-order chi connectivity index (χ0) is 33.8. The molecule has 14 heteroatoms. The monoisotopic (exact) mass is 681 g/mol. The summed E-state index contributed by atoms with van der Waals surface area (Å²) < 4.78 is 32.0. The molecule has 1 aliphatic rings. The summed E-state index contributed by atoms with van der Waals surface area (Å²) in [4.78, 5) is 52.8. The number of pyridine rings is 1. The molecule has 0 bridgehead atoms. The van der Waals surface area contributed by atoms with Gasteiger partial charge in [-0.2, -0.15) is 0 Å². The lowest BCUT2D eigenvalue weighted by Crippen LogP contribution is -2.34. The van der Waals surface area contributed by atoms with Crippen LogP contribution in [-0.2, 0) is 29.7 Å². The molecule has 0 saturated carbocycles. The van der Waals surface area contributed by atoms with Crippen molar-refractivity contribution in [1.82, 2.24) is 19.5 Å². The van der Waals surface area contributed by atoms with E-state index in [1.807, 2.05) is 0 Å². The number of carbonyl (C=O) groups excluding carboxylic acids is 3. The van der Waals surface area contributed by atoms with Crippen LogP contribution in [0.15, 0.2) is 61.4 Å². The van der Waals surface area contributed by atoms with Gasteiger partial charge in [-0.25, -0.2) is 25.0 Å². The third-order valence-electron chi connectivity index (χ3n) is 8.00. The molecule has 1 unspecified atom stereocenters. The molecule has 2 atom stereocenters. The Bertz CT molecular complexity index is 1810. The Kier molecular flexibility index (Phi) is 10.6. The van der Waals surface area contributed by atoms with E-state index in [0.717, 1.165) is 0 Å². The molecule has 1 saturated heterocycles. The molecule has 12 nitrogen and oxygen atoms in total. The molecule has 1 fully saturated rings. The Labute approximate surface area is 275 Å². The Morgan fingerprint density at radius 1 is 1.04 bits per heavy atom. The molecule has 250 valence electrons. The van der Waals surface area contributed by atoms with E-state index in [1.54, 1.807) is 73.5 Å². The zero-order valence-electron chi connectivity index (χ0n) is 27.2. The highest BCUT2D eigenvalue weighted by Crippen LogP contribution is 2.53. The Hall–Kier alpha value is -3.90. The summed E-state index contributed by atoms with van der Waals surface area (Å²) in [6.07, 6.45) is 11.8. The molecule has 5 rings (SSSR count). The normalized spacial score (nSPS) is 18.1. The van der Waals surface area contributed by atoms with Crippen molar-refractivity contribution in [3.8, 4) is 16.9 Å². The SMILES string of the molecule is CCOP(=O)(COc1cc2c(cc1-c1cncnc1)c(C(C)=O)cn2CC(=O)C1CS(C)(C)C[C@H]1C(=O)Nc1ccccn1)OCC. The number of nitrogens with zero attached hydrogens (tertiary/aromatic N) is 4. The van der Waals surface area contributed by atoms with Crippen LogP contribution in [0.4, 0.5) is 5.82 Å². The maximum atomic E-state index is 14.1. The van der Waals surface area contributed by atoms with Gasteiger partial charge in [-0.1, -0.05) is 6.07 Å². The number of nitrogens with one attached hydrogen (secondary N) is 1. The smallest absolute Gasteiger partial charge is 0.367 e. The van der Waals surface area contributed by atoms with E-state index in [9.17, 15) is 18.9 Å². The van der Waals surface area contributed by atoms with Crippen molar-refractivity contribution >= 4 is 51.8 Å². The van der Waals surface area contributed by atoms with Crippen LogP contribution in [0.25, 0.3) is 22.0 Å². The second kappa shape index (κ2) is 14.5.